The number of nitrogens with zero attached hydrogens (tertiary/aromatic N) is 3. The SMILES string of the molecule is CCN(CC)C(=O)[C@H](C)n1nc(C)c2ccccc2c1=O. The molecule has 1 amide bonds. The molecule has 0 saturated carbocycles. The molecule has 0 aliphatic heterocycles. The van der Waals surface area contributed by atoms with Gasteiger partial charge in [0.2, 0.25) is 5.91 Å². The van der Waals surface area contributed by atoms with Crippen LogP contribution in [0.25, 0.3) is 10.8 Å². The fourth-order valence-corrected chi connectivity index (χ4v) is 2.54. The highest BCUT2D eigenvalue weighted by Gasteiger charge is 2.22. The minimum Gasteiger partial charge on any atom is -0.341 e. The number of hydrogen-bond acceptors (Lipinski definition) is 3. The molecule has 0 N–H and O–H groups in total. The van der Waals surface area contributed by atoms with Crippen LogP contribution in [-0.4, -0.2) is 33.7 Å². The van der Waals surface area contributed by atoms with Crippen molar-refractivity contribution in [2.45, 2.75) is 33.7 Å². The molecule has 1 heterocycles. The molecule has 5 nitrogen and oxygen atoms in total. The van der Waals surface area contributed by atoms with Gasteiger partial charge in [0.25, 0.3) is 5.56 Å². The number of aromatic nitrogens is 2. The Bertz CT molecular complexity index is 717. The summed E-state index contributed by atoms with van der Waals surface area (Å²) in [4.78, 5) is 26.7. The Hall–Kier alpha value is -2.17. The lowest BCUT2D eigenvalue weighted by molar-refractivity contribution is -0.134. The van der Waals surface area contributed by atoms with E-state index < -0.39 is 6.04 Å². The summed E-state index contributed by atoms with van der Waals surface area (Å²) in [7, 11) is 0. The van der Waals surface area contributed by atoms with Gasteiger partial charge in [-0.2, -0.15) is 5.10 Å². The summed E-state index contributed by atoms with van der Waals surface area (Å²) in [5, 5.41) is 5.77. The summed E-state index contributed by atoms with van der Waals surface area (Å²) in [6.07, 6.45) is 0. The van der Waals surface area contributed by atoms with Crippen LogP contribution in [0.3, 0.4) is 0 Å². The van der Waals surface area contributed by atoms with Gasteiger partial charge in [0.05, 0.1) is 11.1 Å². The summed E-state index contributed by atoms with van der Waals surface area (Å²) in [6, 6.07) is 6.76. The lowest BCUT2D eigenvalue weighted by atomic mass is 10.1. The first-order valence-corrected chi connectivity index (χ1v) is 7.28. The van der Waals surface area contributed by atoms with Crippen molar-refractivity contribution in [2.75, 3.05) is 13.1 Å². The van der Waals surface area contributed by atoms with Gasteiger partial charge in [-0.25, -0.2) is 4.68 Å². The Morgan fingerprint density at radius 3 is 2.38 bits per heavy atom. The molecule has 1 atom stereocenters. The van der Waals surface area contributed by atoms with Crippen LogP contribution in [0.1, 0.15) is 32.5 Å². The van der Waals surface area contributed by atoms with Gasteiger partial charge in [-0.15, -0.1) is 0 Å². The lowest BCUT2D eigenvalue weighted by Gasteiger charge is -2.23. The molecule has 0 radical (unpaired) electrons. The molecule has 5 heteroatoms. The third-order valence-corrected chi connectivity index (χ3v) is 3.81. The third-order valence-electron chi connectivity index (χ3n) is 3.81. The van der Waals surface area contributed by atoms with Gasteiger partial charge in [-0.3, -0.25) is 9.59 Å². The van der Waals surface area contributed by atoms with E-state index in [1.807, 2.05) is 39.0 Å². The zero-order valence-corrected chi connectivity index (χ0v) is 13.0. The molecule has 0 aliphatic carbocycles. The van der Waals surface area contributed by atoms with Gasteiger partial charge in [0, 0.05) is 18.5 Å². The molecule has 2 aromatic rings. The average molecular weight is 287 g/mol. The predicted molar refractivity (Wildman–Crippen MR) is 83.4 cm³/mol. The molecule has 0 fully saturated rings. The molecule has 0 unspecified atom stereocenters. The number of hydrogen-bond donors (Lipinski definition) is 0. The van der Waals surface area contributed by atoms with Crippen molar-refractivity contribution in [3.8, 4) is 0 Å². The average Bonchev–Trinajstić information content (AvgIpc) is 2.51. The number of carbonyl (C=O) groups is 1. The quantitative estimate of drug-likeness (QED) is 0.865. The minimum absolute atomic E-state index is 0.0794. The van der Waals surface area contributed by atoms with E-state index >= 15 is 0 Å². The maximum absolute atomic E-state index is 12.6. The van der Waals surface area contributed by atoms with Crippen molar-refractivity contribution in [3.63, 3.8) is 0 Å². The summed E-state index contributed by atoms with van der Waals surface area (Å²) in [6.45, 7) is 8.68. The number of carbonyl (C=O) groups excluding carboxylic acids is 1. The molecule has 112 valence electrons. The monoisotopic (exact) mass is 287 g/mol. The van der Waals surface area contributed by atoms with Crippen molar-refractivity contribution in [1.82, 2.24) is 14.7 Å². The third kappa shape index (κ3) is 2.68. The van der Waals surface area contributed by atoms with Crippen LogP contribution in [0, 0.1) is 6.92 Å². The van der Waals surface area contributed by atoms with E-state index in [4.69, 9.17) is 0 Å². The van der Waals surface area contributed by atoms with E-state index in [-0.39, 0.29) is 11.5 Å². The van der Waals surface area contributed by atoms with Gasteiger partial charge in [0.15, 0.2) is 0 Å². The molecule has 21 heavy (non-hydrogen) atoms. The van der Waals surface area contributed by atoms with Gasteiger partial charge >= 0.3 is 0 Å². The van der Waals surface area contributed by atoms with Gasteiger partial charge in [0.1, 0.15) is 6.04 Å². The van der Waals surface area contributed by atoms with E-state index in [0.717, 1.165) is 11.1 Å². The number of fused-ring (bicyclic) bond motifs is 1. The topological polar surface area (TPSA) is 55.2 Å². The lowest BCUT2D eigenvalue weighted by Crippen LogP contribution is -2.40. The fraction of sp³-hybridized carbons (Fsp3) is 0.438. The van der Waals surface area contributed by atoms with Gasteiger partial charge in [-0.05, 0) is 33.8 Å². The summed E-state index contributed by atoms with van der Waals surface area (Å²) >= 11 is 0. The summed E-state index contributed by atoms with van der Waals surface area (Å²) in [5.41, 5.74) is 0.536. The minimum atomic E-state index is -0.597. The highest BCUT2D eigenvalue weighted by molar-refractivity contribution is 5.84. The number of rotatable bonds is 4. The maximum atomic E-state index is 12.6. The first-order valence-electron chi connectivity index (χ1n) is 7.28. The van der Waals surface area contributed by atoms with Crippen molar-refractivity contribution in [1.29, 1.82) is 0 Å². The van der Waals surface area contributed by atoms with Crippen LogP contribution in [0.4, 0.5) is 0 Å². The highest BCUT2D eigenvalue weighted by atomic mass is 16.2. The zero-order valence-electron chi connectivity index (χ0n) is 13.0. The first-order chi connectivity index (χ1) is 10.0. The Labute approximate surface area is 124 Å². The molecule has 0 spiro atoms. The number of amides is 1. The van der Waals surface area contributed by atoms with E-state index in [1.54, 1.807) is 17.9 Å². The van der Waals surface area contributed by atoms with E-state index in [0.29, 0.717) is 18.5 Å². The molecular formula is C16H21N3O2. The molecule has 2 rings (SSSR count). The molecule has 0 aliphatic rings. The van der Waals surface area contributed by atoms with Crippen LogP contribution >= 0.6 is 0 Å². The van der Waals surface area contributed by atoms with Crippen LogP contribution < -0.4 is 5.56 Å². The zero-order chi connectivity index (χ0) is 15.6. The van der Waals surface area contributed by atoms with E-state index in [2.05, 4.69) is 5.10 Å². The smallest absolute Gasteiger partial charge is 0.275 e. The van der Waals surface area contributed by atoms with Crippen LogP contribution in [0.15, 0.2) is 29.1 Å². The second-order valence-corrected chi connectivity index (χ2v) is 5.07. The largest absolute Gasteiger partial charge is 0.341 e. The van der Waals surface area contributed by atoms with Crippen LogP contribution in [0.5, 0.6) is 0 Å². The predicted octanol–water partition coefficient (Wildman–Crippen LogP) is 2.13. The van der Waals surface area contributed by atoms with Gasteiger partial charge in [-0.1, -0.05) is 18.2 Å². The summed E-state index contributed by atoms with van der Waals surface area (Å²) < 4.78 is 1.30. The second kappa shape index (κ2) is 6.08. The number of aryl methyl sites for hydroxylation is 1. The van der Waals surface area contributed by atoms with Crippen molar-refractivity contribution in [2.24, 2.45) is 0 Å². The van der Waals surface area contributed by atoms with Crippen molar-refractivity contribution < 1.29 is 4.79 Å². The molecule has 1 aromatic heterocycles. The van der Waals surface area contributed by atoms with Gasteiger partial charge < -0.3 is 4.90 Å². The Morgan fingerprint density at radius 2 is 1.81 bits per heavy atom. The Kier molecular flexibility index (Phi) is 4.40. The van der Waals surface area contributed by atoms with Crippen LogP contribution in [-0.2, 0) is 4.79 Å². The van der Waals surface area contributed by atoms with Crippen molar-refractivity contribution in [3.05, 3.63) is 40.3 Å². The van der Waals surface area contributed by atoms with Crippen molar-refractivity contribution >= 4 is 16.7 Å². The van der Waals surface area contributed by atoms with E-state index in [9.17, 15) is 9.59 Å². The molecule has 1 aromatic carbocycles. The summed E-state index contributed by atoms with van der Waals surface area (Å²) in [5.74, 6) is -0.0794. The highest BCUT2D eigenvalue weighted by Crippen LogP contribution is 2.14. The molecule has 0 saturated heterocycles. The molecular weight excluding hydrogens is 266 g/mol. The number of likely N-dealkylation sites (N-methyl/N-ethyl adjacent to an activating group) is 1. The second-order valence-electron chi connectivity index (χ2n) is 5.07. The van der Waals surface area contributed by atoms with E-state index in [1.165, 1.54) is 4.68 Å². The standard InChI is InChI=1S/C16H21N3O2/c1-5-18(6-2)15(20)12(4)19-16(21)14-10-8-7-9-13(14)11(3)17-19/h7-10,12H,5-6H2,1-4H3/t12-/m0/s1. The Morgan fingerprint density at radius 1 is 1.24 bits per heavy atom. The first kappa shape index (κ1) is 15.2. The Balaban J connectivity index is 2.54. The van der Waals surface area contributed by atoms with Crippen LogP contribution in [0.2, 0.25) is 0 Å². The fourth-order valence-electron chi connectivity index (χ4n) is 2.54. The molecule has 0 bridgehead atoms. The number of benzene rings is 1. The maximum Gasteiger partial charge on any atom is 0.275 e. The normalized spacial score (nSPS) is 12.4.